The van der Waals surface area contributed by atoms with E-state index in [9.17, 15) is 8.78 Å². The molecule has 3 aromatic heterocycles. The molecular formula is C13H9F2N7. The molecule has 3 rings (SSSR count). The zero-order chi connectivity index (χ0) is 15.7. The van der Waals surface area contributed by atoms with E-state index < -0.39 is 6.55 Å². The highest BCUT2D eigenvalue weighted by molar-refractivity contribution is 5.73. The Labute approximate surface area is 123 Å². The molecule has 0 aliphatic carbocycles. The number of anilines is 1. The van der Waals surface area contributed by atoms with E-state index in [4.69, 9.17) is 5.26 Å². The number of fused-ring (bicyclic) bond motifs is 1. The van der Waals surface area contributed by atoms with Crippen molar-refractivity contribution >= 4 is 17.0 Å². The summed E-state index contributed by atoms with van der Waals surface area (Å²) in [6, 6.07) is 5.23. The van der Waals surface area contributed by atoms with Crippen molar-refractivity contribution in [1.82, 2.24) is 24.7 Å². The van der Waals surface area contributed by atoms with Crippen molar-refractivity contribution in [3.63, 3.8) is 0 Å². The van der Waals surface area contributed by atoms with Gasteiger partial charge in [-0.3, -0.25) is 0 Å². The quantitative estimate of drug-likeness (QED) is 0.797. The Morgan fingerprint density at radius 3 is 2.73 bits per heavy atom. The van der Waals surface area contributed by atoms with Crippen LogP contribution in [0.1, 0.15) is 12.1 Å². The highest BCUT2D eigenvalue weighted by Crippen LogP contribution is 2.22. The number of rotatable bonds is 3. The lowest BCUT2D eigenvalue weighted by Gasteiger charge is -2.05. The summed E-state index contributed by atoms with van der Waals surface area (Å²) in [7, 11) is 1.65. The van der Waals surface area contributed by atoms with Gasteiger partial charge in [-0.15, -0.1) is 0 Å². The van der Waals surface area contributed by atoms with Gasteiger partial charge in [-0.05, 0) is 12.1 Å². The summed E-state index contributed by atoms with van der Waals surface area (Å²) in [6.45, 7) is -2.78. The maximum Gasteiger partial charge on any atom is 0.335 e. The number of aromatic nitrogens is 5. The monoisotopic (exact) mass is 301 g/mol. The molecule has 0 unspecified atom stereocenters. The molecule has 0 radical (unpaired) electrons. The van der Waals surface area contributed by atoms with Gasteiger partial charge in [0.15, 0.2) is 5.65 Å². The van der Waals surface area contributed by atoms with E-state index in [0.717, 1.165) is 0 Å². The van der Waals surface area contributed by atoms with E-state index in [1.165, 1.54) is 12.4 Å². The lowest BCUT2D eigenvalue weighted by Crippen LogP contribution is -2.02. The van der Waals surface area contributed by atoms with Gasteiger partial charge in [0, 0.05) is 7.05 Å². The molecule has 0 saturated carbocycles. The van der Waals surface area contributed by atoms with Crippen LogP contribution in [0, 0.1) is 11.3 Å². The largest absolute Gasteiger partial charge is 0.372 e. The lowest BCUT2D eigenvalue weighted by atomic mass is 10.2. The molecule has 0 aliphatic rings. The van der Waals surface area contributed by atoms with Gasteiger partial charge < -0.3 is 5.32 Å². The molecule has 1 N–H and O–H groups in total. The number of nitrogens with zero attached hydrogens (tertiary/aromatic N) is 6. The Balaban J connectivity index is 2.09. The SMILES string of the molecule is CNc1nc(-c2cnc3c(cnn3C(F)F)n2)ccc1C#N. The third-order valence-corrected chi connectivity index (χ3v) is 3.00. The molecule has 3 aromatic rings. The fourth-order valence-corrected chi connectivity index (χ4v) is 1.98. The highest BCUT2D eigenvalue weighted by atomic mass is 19.3. The summed E-state index contributed by atoms with van der Waals surface area (Å²) in [5.74, 6) is 0.408. The molecule has 0 fully saturated rings. The molecule has 0 bridgehead atoms. The van der Waals surface area contributed by atoms with Gasteiger partial charge >= 0.3 is 6.55 Å². The highest BCUT2D eigenvalue weighted by Gasteiger charge is 2.15. The van der Waals surface area contributed by atoms with Crippen molar-refractivity contribution in [3.8, 4) is 17.5 Å². The van der Waals surface area contributed by atoms with Crippen LogP contribution in [0.15, 0.2) is 24.5 Å². The molecule has 0 aromatic carbocycles. The molecule has 0 amide bonds. The number of nitrogens with one attached hydrogen (secondary N) is 1. The summed E-state index contributed by atoms with van der Waals surface area (Å²) in [6.07, 6.45) is 2.57. The number of halogens is 2. The number of hydrogen-bond donors (Lipinski definition) is 1. The molecular weight excluding hydrogens is 292 g/mol. The first-order valence-electron chi connectivity index (χ1n) is 6.21. The average Bonchev–Trinajstić information content (AvgIpc) is 2.97. The number of pyridine rings is 1. The lowest BCUT2D eigenvalue weighted by molar-refractivity contribution is 0.0608. The summed E-state index contributed by atoms with van der Waals surface area (Å²) < 4.78 is 25.9. The molecule has 7 nitrogen and oxygen atoms in total. The van der Waals surface area contributed by atoms with E-state index in [1.54, 1.807) is 19.2 Å². The maximum absolute atomic E-state index is 12.7. The van der Waals surface area contributed by atoms with Crippen molar-refractivity contribution in [2.45, 2.75) is 6.55 Å². The predicted octanol–water partition coefficient (Wildman–Crippen LogP) is 2.20. The van der Waals surface area contributed by atoms with Crippen LogP contribution in [0.4, 0.5) is 14.6 Å². The standard InChI is InChI=1S/C13H9F2N7/c1-17-11-7(4-16)2-3-8(21-11)9-5-18-12-10(20-9)6-19-22(12)13(14)15/h2-3,5-6,13H,1H3,(H,17,21). The van der Waals surface area contributed by atoms with Crippen LogP contribution in [-0.4, -0.2) is 31.8 Å². The smallest absolute Gasteiger partial charge is 0.335 e. The second-order valence-electron chi connectivity index (χ2n) is 4.29. The van der Waals surface area contributed by atoms with Gasteiger partial charge in [-0.25, -0.2) is 15.0 Å². The molecule has 0 spiro atoms. The van der Waals surface area contributed by atoms with Crippen LogP contribution in [0.25, 0.3) is 22.6 Å². The van der Waals surface area contributed by atoms with Crippen molar-refractivity contribution in [2.24, 2.45) is 0 Å². The minimum Gasteiger partial charge on any atom is -0.372 e. The summed E-state index contributed by atoms with van der Waals surface area (Å²) in [5.41, 5.74) is 1.52. The van der Waals surface area contributed by atoms with Gasteiger partial charge in [-0.1, -0.05) is 0 Å². The molecule has 3 heterocycles. The van der Waals surface area contributed by atoms with Gasteiger partial charge in [0.2, 0.25) is 0 Å². The average molecular weight is 301 g/mol. The second-order valence-corrected chi connectivity index (χ2v) is 4.29. The van der Waals surface area contributed by atoms with Crippen molar-refractivity contribution in [1.29, 1.82) is 5.26 Å². The first kappa shape index (κ1) is 13.8. The predicted molar refractivity (Wildman–Crippen MR) is 74.1 cm³/mol. The van der Waals surface area contributed by atoms with Gasteiger partial charge in [0.05, 0.1) is 23.7 Å². The van der Waals surface area contributed by atoms with Crippen molar-refractivity contribution < 1.29 is 8.78 Å². The Kier molecular flexibility index (Phi) is 3.34. The summed E-state index contributed by atoms with van der Waals surface area (Å²) in [4.78, 5) is 12.5. The Hall–Kier alpha value is -3.15. The number of alkyl halides is 2. The molecule has 0 saturated heterocycles. The summed E-state index contributed by atoms with van der Waals surface area (Å²) in [5, 5.41) is 15.3. The van der Waals surface area contributed by atoms with Crippen LogP contribution in [0.3, 0.4) is 0 Å². The van der Waals surface area contributed by atoms with E-state index in [2.05, 4.69) is 25.4 Å². The van der Waals surface area contributed by atoms with Gasteiger partial charge in [0.25, 0.3) is 0 Å². The second kappa shape index (κ2) is 5.33. The molecule has 110 valence electrons. The van der Waals surface area contributed by atoms with Crippen LogP contribution < -0.4 is 5.32 Å². The Morgan fingerprint density at radius 2 is 2.05 bits per heavy atom. The zero-order valence-corrected chi connectivity index (χ0v) is 11.3. The molecule has 0 atom stereocenters. The van der Waals surface area contributed by atoms with Crippen molar-refractivity contribution in [3.05, 3.63) is 30.1 Å². The van der Waals surface area contributed by atoms with E-state index >= 15 is 0 Å². The normalized spacial score (nSPS) is 10.9. The first-order chi connectivity index (χ1) is 10.6. The first-order valence-corrected chi connectivity index (χ1v) is 6.21. The minimum atomic E-state index is -2.78. The van der Waals surface area contributed by atoms with Crippen LogP contribution in [0.5, 0.6) is 0 Å². The van der Waals surface area contributed by atoms with E-state index in [-0.39, 0.29) is 11.2 Å². The number of nitriles is 1. The minimum absolute atomic E-state index is 0.00114. The van der Waals surface area contributed by atoms with E-state index in [0.29, 0.717) is 27.5 Å². The van der Waals surface area contributed by atoms with Crippen LogP contribution in [-0.2, 0) is 0 Å². The topological polar surface area (TPSA) is 92.3 Å². The van der Waals surface area contributed by atoms with E-state index in [1.807, 2.05) is 6.07 Å². The van der Waals surface area contributed by atoms with Crippen molar-refractivity contribution in [2.75, 3.05) is 12.4 Å². The Morgan fingerprint density at radius 1 is 1.23 bits per heavy atom. The van der Waals surface area contributed by atoms with Crippen LogP contribution in [0.2, 0.25) is 0 Å². The fraction of sp³-hybridized carbons (Fsp3) is 0.154. The van der Waals surface area contributed by atoms with Gasteiger partial charge in [0.1, 0.15) is 23.1 Å². The third kappa shape index (κ3) is 2.20. The number of hydrogen-bond acceptors (Lipinski definition) is 6. The molecule has 9 heteroatoms. The maximum atomic E-state index is 12.7. The molecule has 22 heavy (non-hydrogen) atoms. The summed E-state index contributed by atoms with van der Waals surface area (Å²) >= 11 is 0. The van der Waals surface area contributed by atoms with Crippen LogP contribution >= 0.6 is 0 Å². The molecule has 0 aliphatic heterocycles. The fourth-order valence-electron chi connectivity index (χ4n) is 1.98. The zero-order valence-electron chi connectivity index (χ0n) is 11.3. The van der Waals surface area contributed by atoms with Gasteiger partial charge in [-0.2, -0.15) is 23.8 Å². The Bertz CT molecular complexity index is 882. The third-order valence-electron chi connectivity index (χ3n) is 3.00.